The van der Waals surface area contributed by atoms with Crippen LogP contribution in [0.15, 0.2) is 71.5 Å². The number of benzene rings is 2. The van der Waals surface area contributed by atoms with Crippen molar-refractivity contribution in [2.45, 2.75) is 50.9 Å². The molecule has 2 N–H and O–H groups in total. The van der Waals surface area contributed by atoms with Crippen LogP contribution >= 0.6 is 34.8 Å². The van der Waals surface area contributed by atoms with Gasteiger partial charge in [-0.2, -0.15) is 5.10 Å². The smallest absolute Gasteiger partial charge is 0.356 e. The van der Waals surface area contributed by atoms with Gasteiger partial charge in [0, 0.05) is 41.6 Å². The number of carbonyl (C=O) groups is 1. The fourth-order valence-electron chi connectivity index (χ4n) is 5.00. The van der Waals surface area contributed by atoms with Gasteiger partial charge in [-0.15, -0.1) is 0 Å². The van der Waals surface area contributed by atoms with Crippen LogP contribution in [-0.4, -0.2) is 31.1 Å². The maximum absolute atomic E-state index is 11.5. The van der Waals surface area contributed by atoms with Gasteiger partial charge in [0.15, 0.2) is 5.69 Å². The molecular formula is C31H27Cl3N4O5. The highest BCUT2D eigenvalue weighted by atomic mass is 35.5. The summed E-state index contributed by atoms with van der Waals surface area (Å²) in [5, 5.41) is 30.6. The first-order chi connectivity index (χ1) is 20.6. The second kappa shape index (κ2) is 11.4. The first-order valence-electron chi connectivity index (χ1n) is 13.6. The van der Waals surface area contributed by atoms with Crippen LogP contribution in [0.1, 0.15) is 66.0 Å². The van der Waals surface area contributed by atoms with Crippen molar-refractivity contribution in [3.8, 4) is 17.0 Å². The van der Waals surface area contributed by atoms with Crippen LogP contribution < -0.4 is 9.64 Å². The molecule has 0 atom stereocenters. The Morgan fingerprint density at radius 3 is 2.40 bits per heavy atom. The van der Waals surface area contributed by atoms with Crippen molar-refractivity contribution in [3.05, 3.63) is 105 Å². The number of ether oxygens (including phenoxy) is 1. The van der Waals surface area contributed by atoms with Crippen molar-refractivity contribution >= 4 is 46.6 Å². The number of carboxylic acids is 1. The summed E-state index contributed by atoms with van der Waals surface area (Å²) in [5.41, 5.74) is 0.793. The lowest BCUT2D eigenvalue weighted by Gasteiger charge is -2.29. The number of aromatic carboxylic acids is 1. The monoisotopic (exact) mass is 640 g/mol. The van der Waals surface area contributed by atoms with E-state index in [1.165, 1.54) is 6.07 Å². The summed E-state index contributed by atoms with van der Waals surface area (Å²) in [6.45, 7) is 3.96. The van der Waals surface area contributed by atoms with Gasteiger partial charge in [0.25, 0.3) is 0 Å². The van der Waals surface area contributed by atoms with Gasteiger partial charge in [-0.3, -0.25) is 0 Å². The Morgan fingerprint density at radius 2 is 1.79 bits per heavy atom. The highest BCUT2D eigenvalue weighted by molar-refractivity contribution is 6.39. The number of anilines is 1. The third-order valence-electron chi connectivity index (χ3n) is 7.39. The molecule has 2 aliphatic rings. The van der Waals surface area contributed by atoms with Crippen LogP contribution in [0, 0.1) is 0 Å². The zero-order valence-corrected chi connectivity index (χ0v) is 25.4. The zero-order valence-electron chi connectivity index (χ0n) is 23.2. The van der Waals surface area contributed by atoms with Crippen molar-refractivity contribution in [2.24, 2.45) is 0 Å². The SMILES string of the molecule is CC(C)n1nc(C(=O)O)cc1N1C=CC(O)(c2ccc(OCc3c(-c4c(Cl)cccc4Cl)noc3C3CC3)cc2Cl)C=C1. The van der Waals surface area contributed by atoms with E-state index in [2.05, 4.69) is 10.3 Å². The Morgan fingerprint density at radius 1 is 1.09 bits per heavy atom. The topological polar surface area (TPSA) is 114 Å². The fourth-order valence-corrected chi connectivity index (χ4v) is 5.90. The fraction of sp³-hybridized carbons (Fsp3) is 0.258. The molecule has 9 nitrogen and oxygen atoms in total. The Hall–Kier alpha value is -3.76. The molecule has 0 saturated heterocycles. The third-order valence-corrected chi connectivity index (χ3v) is 8.33. The van der Waals surface area contributed by atoms with E-state index in [0.29, 0.717) is 43.5 Å². The van der Waals surface area contributed by atoms with Crippen molar-refractivity contribution < 1.29 is 24.3 Å². The zero-order chi connectivity index (χ0) is 30.5. The van der Waals surface area contributed by atoms with E-state index >= 15 is 0 Å². The minimum Gasteiger partial charge on any atom is -0.489 e. The number of nitrogens with zero attached hydrogens (tertiary/aromatic N) is 4. The summed E-state index contributed by atoms with van der Waals surface area (Å²) >= 11 is 19.6. The van der Waals surface area contributed by atoms with E-state index in [1.807, 2.05) is 13.8 Å². The molecule has 1 aliphatic carbocycles. The second-order valence-electron chi connectivity index (χ2n) is 10.8. The number of hydrogen-bond donors (Lipinski definition) is 2. The molecule has 0 unspecified atom stereocenters. The van der Waals surface area contributed by atoms with E-state index in [1.54, 1.807) is 70.5 Å². The molecule has 2 aromatic carbocycles. The molecule has 4 aromatic rings. The van der Waals surface area contributed by atoms with E-state index in [-0.39, 0.29) is 24.3 Å². The van der Waals surface area contributed by atoms with Gasteiger partial charge in [-0.25, -0.2) is 9.48 Å². The molecular weight excluding hydrogens is 615 g/mol. The molecule has 3 heterocycles. The summed E-state index contributed by atoms with van der Waals surface area (Å²) in [7, 11) is 0. The number of aliphatic hydroxyl groups is 1. The van der Waals surface area contributed by atoms with Gasteiger partial charge in [0.1, 0.15) is 35.2 Å². The van der Waals surface area contributed by atoms with Gasteiger partial charge in [-0.05, 0) is 63.1 Å². The Bertz CT molecular complexity index is 1740. The first-order valence-corrected chi connectivity index (χ1v) is 14.8. The number of halogens is 3. The van der Waals surface area contributed by atoms with Crippen LogP contribution in [0.5, 0.6) is 5.75 Å². The Kier molecular flexibility index (Phi) is 7.76. The molecule has 1 aliphatic heterocycles. The molecule has 222 valence electrons. The van der Waals surface area contributed by atoms with Crippen LogP contribution in [0.4, 0.5) is 5.82 Å². The summed E-state index contributed by atoms with van der Waals surface area (Å²) in [4.78, 5) is 13.2. The maximum Gasteiger partial charge on any atom is 0.356 e. The molecule has 0 spiro atoms. The lowest BCUT2D eigenvalue weighted by Crippen LogP contribution is -2.27. The van der Waals surface area contributed by atoms with Gasteiger partial charge >= 0.3 is 5.97 Å². The van der Waals surface area contributed by atoms with Crippen LogP contribution in [-0.2, 0) is 12.2 Å². The van der Waals surface area contributed by atoms with Gasteiger partial charge < -0.3 is 24.4 Å². The Balaban J connectivity index is 1.22. The summed E-state index contributed by atoms with van der Waals surface area (Å²) in [6.07, 6.45) is 8.47. The molecule has 6 rings (SSSR count). The van der Waals surface area contributed by atoms with Crippen molar-refractivity contribution in [1.29, 1.82) is 0 Å². The van der Waals surface area contributed by atoms with Crippen molar-refractivity contribution in [1.82, 2.24) is 14.9 Å². The molecule has 43 heavy (non-hydrogen) atoms. The molecule has 2 aromatic heterocycles. The highest BCUT2D eigenvalue weighted by Gasteiger charge is 2.34. The number of hydrogen-bond acceptors (Lipinski definition) is 7. The summed E-state index contributed by atoms with van der Waals surface area (Å²) < 4.78 is 13.5. The lowest BCUT2D eigenvalue weighted by atomic mass is 9.92. The average Bonchev–Trinajstić information content (AvgIpc) is 3.56. The van der Waals surface area contributed by atoms with Gasteiger partial charge in [0.05, 0.1) is 20.6 Å². The summed E-state index contributed by atoms with van der Waals surface area (Å²) in [5.74, 6) is 0.963. The lowest BCUT2D eigenvalue weighted by molar-refractivity contribution is 0.0689. The minimum absolute atomic E-state index is 0.0671. The number of aromatic nitrogens is 3. The van der Waals surface area contributed by atoms with Gasteiger partial charge in [0.2, 0.25) is 0 Å². The predicted octanol–water partition coefficient (Wildman–Crippen LogP) is 7.97. The third kappa shape index (κ3) is 5.65. The predicted molar refractivity (Wildman–Crippen MR) is 164 cm³/mol. The number of rotatable bonds is 9. The molecule has 12 heteroatoms. The average molecular weight is 642 g/mol. The molecule has 0 bridgehead atoms. The first kappa shape index (κ1) is 29.3. The van der Waals surface area contributed by atoms with Crippen molar-refractivity contribution in [2.75, 3.05) is 4.90 Å². The molecule has 1 saturated carbocycles. The van der Waals surface area contributed by atoms with E-state index < -0.39 is 11.6 Å². The highest BCUT2D eigenvalue weighted by Crippen LogP contribution is 2.46. The molecule has 0 amide bonds. The Labute approximate surface area is 262 Å². The molecule has 0 radical (unpaired) electrons. The summed E-state index contributed by atoms with van der Waals surface area (Å²) in [6, 6.07) is 11.7. The largest absolute Gasteiger partial charge is 0.489 e. The standard InChI is InChI=1S/C31H27Cl3N4O5/c1-17(2)38-26(15-25(35-38)30(39)40)37-12-10-31(41,11-13-37)21-9-8-19(14-24(21)34)42-16-20-28(36-43-29(20)18-6-7-18)27-22(32)4-3-5-23(27)33/h3-5,8-15,17-18,41H,6-7,16H2,1-2H3,(H,39,40). The van der Waals surface area contributed by atoms with Crippen LogP contribution in [0.2, 0.25) is 15.1 Å². The van der Waals surface area contributed by atoms with Gasteiger partial charge in [-0.1, -0.05) is 52.1 Å². The maximum atomic E-state index is 11.5. The number of carboxylic acid groups (broad SMARTS) is 1. The second-order valence-corrected chi connectivity index (χ2v) is 12.0. The van der Waals surface area contributed by atoms with Crippen LogP contribution in [0.25, 0.3) is 11.3 Å². The van der Waals surface area contributed by atoms with Crippen molar-refractivity contribution in [3.63, 3.8) is 0 Å². The van der Waals surface area contributed by atoms with Crippen LogP contribution in [0.3, 0.4) is 0 Å². The molecule has 1 fully saturated rings. The normalized spacial score (nSPS) is 15.8. The minimum atomic E-state index is -1.51. The van der Waals surface area contributed by atoms with E-state index in [0.717, 1.165) is 24.2 Å². The van der Waals surface area contributed by atoms with E-state index in [4.69, 9.17) is 44.1 Å². The quantitative estimate of drug-likeness (QED) is 0.189. The van der Waals surface area contributed by atoms with E-state index in [9.17, 15) is 15.0 Å².